The summed E-state index contributed by atoms with van der Waals surface area (Å²) < 4.78 is 1.86. The minimum absolute atomic E-state index is 0.0986. The number of amides is 1. The Balaban J connectivity index is 2.04. The van der Waals surface area contributed by atoms with E-state index in [2.05, 4.69) is 10.4 Å². The second kappa shape index (κ2) is 6.28. The summed E-state index contributed by atoms with van der Waals surface area (Å²) in [6.07, 6.45) is 6.92. The number of carbonyl (C=O) groups is 2. The zero-order chi connectivity index (χ0) is 15.5. The summed E-state index contributed by atoms with van der Waals surface area (Å²) >= 11 is 0. The number of carboxylic acid groups (broad SMARTS) is 1. The first-order chi connectivity index (χ1) is 9.93. The molecule has 1 fully saturated rings. The highest BCUT2D eigenvalue weighted by atomic mass is 16.4. The highest BCUT2D eigenvalue weighted by Gasteiger charge is 2.29. The summed E-state index contributed by atoms with van der Waals surface area (Å²) in [4.78, 5) is 23.1. The summed E-state index contributed by atoms with van der Waals surface area (Å²) in [6.45, 7) is 3.60. The van der Waals surface area contributed by atoms with Crippen LogP contribution in [0.1, 0.15) is 68.9 Å². The molecule has 1 aromatic heterocycles. The predicted molar refractivity (Wildman–Crippen MR) is 78.1 cm³/mol. The molecule has 0 aliphatic heterocycles. The molecule has 0 spiro atoms. The van der Waals surface area contributed by atoms with Crippen molar-refractivity contribution in [2.75, 3.05) is 0 Å². The largest absolute Gasteiger partial charge is 0.481 e. The average Bonchev–Trinajstić information content (AvgIpc) is 3.08. The van der Waals surface area contributed by atoms with Gasteiger partial charge in [-0.15, -0.1) is 0 Å². The molecule has 1 amide bonds. The molecular formula is C15H23N3O3. The van der Waals surface area contributed by atoms with Gasteiger partial charge in [-0.3, -0.25) is 14.3 Å². The number of carboxylic acids is 1. The Labute approximate surface area is 124 Å². The number of aromatic nitrogens is 2. The van der Waals surface area contributed by atoms with Gasteiger partial charge >= 0.3 is 5.97 Å². The van der Waals surface area contributed by atoms with Crippen molar-refractivity contribution in [2.24, 2.45) is 0 Å². The van der Waals surface area contributed by atoms with Gasteiger partial charge in [-0.2, -0.15) is 5.10 Å². The molecule has 0 radical (unpaired) electrons. The second-order valence-corrected chi connectivity index (χ2v) is 6.06. The van der Waals surface area contributed by atoms with Crippen molar-refractivity contribution in [2.45, 2.75) is 64.0 Å². The molecule has 2 rings (SSSR count). The smallest absolute Gasteiger partial charge is 0.305 e. The van der Waals surface area contributed by atoms with Gasteiger partial charge in [0.05, 0.1) is 12.5 Å². The molecule has 116 valence electrons. The van der Waals surface area contributed by atoms with Crippen LogP contribution in [0.5, 0.6) is 0 Å². The molecule has 21 heavy (non-hydrogen) atoms. The van der Waals surface area contributed by atoms with Crippen molar-refractivity contribution in [3.8, 4) is 0 Å². The summed E-state index contributed by atoms with van der Waals surface area (Å²) in [5.41, 5.74) is -0.396. The lowest BCUT2D eigenvalue weighted by molar-refractivity contribution is -0.138. The van der Waals surface area contributed by atoms with Crippen LogP contribution in [-0.2, 0) is 4.79 Å². The number of nitrogens with zero attached hydrogens (tertiary/aromatic N) is 2. The molecule has 6 nitrogen and oxygen atoms in total. The predicted octanol–water partition coefficient (Wildman–Crippen LogP) is 2.37. The summed E-state index contributed by atoms with van der Waals surface area (Å²) in [5.74, 6) is -1.23. The van der Waals surface area contributed by atoms with Gasteiger partial charge in [-0.1, -0.05) is 19.8 Å². The van der Waals surface area contributed by atoms with Gasteiger partial charge in [-0.25, -0.2) is 0 Å². The number of hydrogen-bond acceptors (Lipinski definition) is 3. The normalized spacial score (nSPS) is 18.4. The van der Waals surface area contributed by atoms with Crippen LogP contribution >= 0.6 is 0 Å². The van der Waals surface area contributed by atoms with E-state index in [4.69, 9.17) is 5.11 Å². The van der Waals surface area contributed by atoms with Gasteiger partial charge in [0.2, 0.25) is 0 Å². The van der Waals surface area contributed by atoms with E-state index in [-0.39, 0.29) is 12.3 Å². The molecule has 1 aliphatic rings. The molecular weight excluding hydrogens is 270 g/mol. The Bertz CT molecular complexity index is 520. The maximum Gasteiger partial charge on any atom is 0.305 e. The van der Waals surface area contributed by atoms with Crippen LogP contribution in [0, 0.1) is 0 Å². The minimum Gasteiger partial charge on any atom is -0.481 e. The lowest BCUT2D eigenvalue weighted by atomic mass is 9.94. The van der Waals surface area contributed by atoms with E-state index in [1.165, 1.54) is 12.8 Å². The number of aliphatic carboxylic acids is 1. The standard InChI is InChI=1S/C15H23N3O3/c1-3-15(2,10-13(19)20)16-14(21)12-8-9-18(17-12)11-6-4-5-7-11/h8-9,11H,3-7,10H2,1-2H3,(H,16,21)(H,19,20). The zero-order valence-electron chi connectivity index (χ0n) is 12.6. The fourth-order valence-corrected chi connectivity index (χ4v) is 2.76. The Kier molecular flexibility index (Phi) is 4.65. The van der Waals surface area contributed by atoms with Gasteiger partial charge in [0.1, 0.15) is 5.69 Å². The van der Waals surface area contributed by atoms with Crippen LogP contribution in [0.15, 0.2) is 12.3 Å². The fourth-order valence-electron chi connectivity index (χ4n) is 2.76. The fraction of sp³-hybridized carbons (Fsp3) is 0.667. The average molecular weight is 293 g/mol. The van der Waals surface area contributed by atoms with E-state index >= 15 is 0 Å². The maximum absolute atomic E-state index is 12.2. The molecule has 1 aromatic rings. The molecule has 1 atom stereocenters. The van der Waals surface area contributed by atoms with Gasteiger partial charge in [0.25, 0.3) is 5.91 Å². The van der Waals surface area contributed by atoms with E-state index in [0.717, 1.165) is 12.8 Å². The van der Waals surface area contributed by atoms with Crippen molar-refractivity contribution in [3.05, 3.63) is 18.0 Å². The van der Waals surface area contributed by atoms with Gasteiger partial charge < -0.3 is 10.4 Å². The molecule has 1 unspecified atom stereocenters. The minimum atomic E-state index is -0.920. The van der Waals surface area contributed by atoms with Gasteiger partial charge in [0.15, 0.2) is 0 Å². The molecule has 6 heteroatoms. The third kappa shape index (κ3) is 3.83. The number of hydrogen-bond donors (Lipinski definition) is 2. The summed E-state index contributed by atoms with van der Waals surface area (Å²) in [5, 5.41) is 16.1. The first-order valence-corrected chi connectivity index (χ1v) is 7.53. The molecule has 0 bridgehead atoms. The van der Waals surface area contributed by atoms with Crippen molar-refractivity contribution >= 4 is 11.9 Å². The monoisotopic (exact) mass is 293 g/mol. The molecule has 0 aromatic carbocycles. The Morgan fingerprint density at radius 3 is 2.71 bits per heavy atom. The summed E-state index contributed by atoms with van der Waals surface area (Å²) in [7, 11) is 0. The van der Waals surface area contributed by atoms with E-state index in [9.17, 15) is 9.59 Å². The van der Waals surface area contributed by atoms with Gasteiger partial charge in [0, 0.05) is 11.7 Å². The van der Waals surface area contributed by atoms with Crippen LogP contribution in [0.2, 0.25) is 0 Å². The van der Waals surface area contributed by atoms with Crippen LogP contribution < -0.4 is 5.32 Å². The molecule has 1 aliphatic carbocycles. The van der Waals surface area contributed by atoms with E-state index in [0.29, 0.717) is 18.2 Å². The Hall–Kier alpha value is -1.85. The number of rotatable bonds is 6. The third-order valence-electron chi connectivity index (χ3n) is 4.28. The SMILES string of the molecule is CCC(C)(CC(=O)O)NC(=O)c1ccn(C2CCCC2)n1. The topological polar surface area (TPSA) is 84.2 Å². The first-order valence-electron chi connectivity index (χ1n) is 7.53. The van der Waals surface area contributed by atoms with Gasteiger partial charge in [-0.05, 0) is 32.3 Å². The highest BCUT2D eigenvalue weighted by Crippen LogP contribution is 2.28. The maximum atomic E-state index is 12.2. The number of nitrogens with one attached hydrogen (secondary N) is 1. The first kappa shape index (κ1) is 15.5. The van der Waals surface area contributed by atoms with Crippen LogP contribution in [0.4, 0.5) is 0 Å². The van der Waals surface area contributed by atoms with Crippen molar-refractivity contribution in [1.29, 1.82) is 0 Å². The van der Waals surface area contributed by atoms with Crippen LogP contribution in [0.3, 0.4) is 0 Å². The summed E-state index contributed by atoms with van der Waals surface area (Å²) in [6, 6.07) is 2.09. The van der Waals surface area contributed by atoms with Crippen molar-refractivity contribution in [3.63, 3.8) is 0 Å². The van der Waals surface area contributed by atoms with E-state index in [1.54, 1.807) is 13.0 Å². The lowest BCUT2D eigenvalue weighted by Crippen LogP contribution is -2.47. The third-order valence-corrected chi connectivity index (χ3v) is 4.28. The zero-order valence-corrected chi connectivity index (χ0v) is 12.6. The lowest BCUT2D eigenvalue weighted by Gasteiger charge is -2.27. The molecule has 1 heterocycles. The number of carbonyl (C=O) groups excluding carboxylic acids is 1. The van der Waals surface area contributed by atoms with Crippen LogP contribution in [-0.4, -0.2) is 32.3 Å². The molecule has 2 N–H and O–H groups in total. The highest BCUT2D eigenvalue weighted by molar-refractivity contribution is 5.93. The molecule has 0 saturated heterocycles. The quantitative estimate of drug-likeness (QED) is 0.843. The Morgan fingerprint density at radius 2 is 2.14 bits per heavy atom. The van der Waals surface area contributed by atoms with Crippen molar-refractivity contribution < 1.29 is 14.7 Å². The van der Waals surface area contributed by atoms with E-state index < -0.39 is 11.5 Å². The Morgan fingerprint density at radius 1 is 1.48 bits per heavy atom. The second-order valence-electron chi connectivity index (χ2n) is 6.06. The van der Waals surface area contributed by atoms with E-state index in [1.807, 2.05) is 17.8 Å². The van der Waals surface area contributed by atoms with Crippen LogP contribution in [0.25, 0.3) is 0 Å². The molecule has 1 saturated carbocycles. The van der Waals surface area contributed by atoms with Crippen molar-refractivity contribution in [1.82, 2.24) is 15.1 Å².